The highest BCUT2D eigenvalue weighted by Gasteiger charge is 2.18. The molecule has 2 N–H and O–H groups in total. The van der Waals surface area contributed by atoms with Crippen LogP contribution in [0.25, 0.3) is 0 Å². The van der Waals surface area contributed by atoms with Gasteiger partial charge in [0.1, 0.15) is 5.75 Å². The number of hydrogen-bond acceptors (Lipinski definition) is 6. The van der Waals surface area contributed by atoms with Crippen LogP contribution in [0.2, 0.25) is 0 Å². The molecule has 1 heterocycles. The molecule has 3 rings (SSSR count). The summed E-state index contributed by atoms with van der Waals surface area (Å²) in [4.78, 5) is 36.3. The number of anilines is 1. The number of methoxy groups -OCH3 is 1. The topological polar surface area (TPSA) is 93.7 Å². The van der Waals surface area contributed by atoms with Crippen molar-refractivity contribution in [2.75, 3.05) is 24.8 Å². The number of nitrogens with one attached hydrogen (secondary N) is 2. The fourth-order valence-corrected chi connectivity index (χ4v) is 3.21. The minimum absolute atomic E-state index is 0.115. The van der Waals surface area contributed by atoms with E-state index in [1.165, 1.54) is 11.8 Å². The van der Waals surface area contributed by atoms with Crippen molar-refractivity contribution >= 4 is 35.2 Å². The van der Waals surface area contributed by atoms with E-state index in [1.54, 1.807) is 37.4 Å². The van der Waals surface area contributed by atoms with Crippen molar-refractivity contribution in [2.24, 2.45) is 0 Å². The molecule has 0 radical (unpaired) electrons. The summed E-state index contributed by atoms with van der Waals surface area (Å²) in [7, 11) is 1.58. The van der Waals surface area contributed by atoms with Crippen LogP contribution in [0.15, 0.2) is 47.4 Å². The zero-order valence-electron chi connectivity index (χ0n) is 14.6. The van der Waals surface area contributed by atoms with E-state index in [0.717, 1.165) is 16.2 Å². The molecular formula is C19H18N2O5S. The van der Waals surface area contributed by atoms with Crippen molar-refractivity contribution in [1.29, 1.82) is 0 Å². The smallest absolute Gasteiger partial charge is 0.338 e. The molecule has 2 aromatic rings. The van der Waals surface area contributed by atoms with Gasteiger partial charge in [0.15, 0.2) is 6.61 Å². The van der Waals surface area contributed by atoms with Gasteiger partial charge in [0, 0.05) is 11.4 Å². The van der Waals surface area contributed by atoms with Gasteiger partial charge in [0.25, 0.3) is 5.91 Å². The third-order valence-corrected chi connectivity index (χ3v) is 4.90. The molecule has 0 saturated heterocycles. The van der Waals surface area contributed by atoms with E-state index in [4.69, 9.17) is 9.47 Å². The molecule has 0 aliphatic carbocycles. The Morgan fingerprint density at radius 1 is 1.19 bits per heavy atom. The van der Waals surface area contributed by atoms with E-state index in [9.17, 15) is 14.4 Å². The molecule has 2 amide bonds. The van der Waals surface area contributed by atoms with Gasteiger partial charge >= 0.3 is 5.97 Å². The summed E-state index contributed by atoms with van der Waals surface area (Å²) in [6, 6.07) is 12.2. The lowest BCUT2D eigenvalue weighted by Gasteiger charge is -2.16. The van der Waals surface area contributed by atoms with E-state index in [-0.39, 0.29) is 18.1 Å². The molecule has 140 valence electrons. The Morgan fingerprint density at radius 2 is 1.96 bits per heavy atom. The molecule has 27 heavy (non-hydrogen) atoms. The lowest BCUT2D eigenvalue weighted by atomic mass is 10.2. The number of carbonyl (C=O) groups is 3. The number of thioether (sulfide) groups is 1. The van der Waals surface area contributed by atoms with Crippen LogP contribution in [0.4, 0.5) is 5.69 Å². The van der Waals surface area contributed by atoms with Crippen LogP contribution < -0.4 is 15.4 Å². The van der Waals surface area contributed by atoms with E-state index >= 15 is 0 Å². The number of carbonyl (C=O) groups excluding carboxylic acids is 3. The normalized spacial score (nSPS) is 12.6. The number of fused-ring (bicyclic) bond motifs is 1. The molecule has 1 aliphatic rings. The van der Waals surface area contributed by atoms with Crippen molar-refractivity contribution in [3.8, 4) is 5.75 Å². The predicted octanol–water partition coefficient (Wildman–Crippen LogP) is 2.21. The van der Waals surface area contributed by atoms with E-state index in [0.29, 0.717) is 18.0 Å². The first-order valence-electron chi connectivity index (χ1n) is 8.18. The molecule has 0 spiro atoms. The quantitative estimate of drug-likeness (QED) is 0.740. The summed E-state index contributed by atoms with van der Waals surface area (Å²) >= 11 is 1.41. The zero-order chi connectivity index (χ0) is 19.2. The van der Waals surface area contributed by atoms with Gasteiger partial charge < -0.3 is 20.1 Å². The van der Waals surface area contributed by atoms with Gasteiger partial charge in [-0.15, -0.1) is 11.8 Å². The third kappa shape index (κ3) is 5.01. The van der Waals surface area contributed by atoms with Gasteiger partial charge in [0.2, 0.25) is 5.91 Å². The van der Waals surface area contributed by atoms with E-state index in [2.05, 4.69) is 10.6 Å². The molecule has 0 fully saturated rings. The number of esters is 1. The molecular weight excluding hydrogens is 368 g/mol. The highest BCUT2D eigenvalue weighted by atomic mass is 32.2. The first kappa shape index (κ1) is 18.8. The Bertz CT molecular complexity index is 867. The van der Waals surface area contributed by atoms with Crippen molar-refractivity contribution < 1.29 is 23.9 Å². The fraction of sp³-hybridized carbons (Fsp3) is 0.211. The van der Waals surface area contributed by atoms with Crippen LogP contribution in [-0.2, 0) is 20.9 Å². The molecule has 7 nitrogen and oxygen atoms in total. The number of ether oxygens (including phenoxy) is 2. The number of amides is 2. The van der Waals surface area contributed by atoms with Gasteiger partial charge in [-0.2, -0.15) is 0 Å². The SMILES string of the molecule is COc1ccc(CNC(=O)COC(=O)c2ccc3c(c2)NC(=O)CS3)cc1. The van der Waals surface area contributed by atoms with Crippen LogP contribution in [0.3, 0.4) is 0 Å². The monoisotopic (exact) mass is 386 g/mol. The Hall–Kier alpha value is -3.00. The maximum atomic E-state index is 12.1. The Balaban J connectivity index is 1.49. The van der Waals surface area contributed by atoms with Gasteiger partial charge in [0.05, 0.1) is 24.1 Å². The van der Waals surface area contributed by atoms with E-state index in [1.807, 2.05) is 12.1 Å². The minimum atomic E-state index is -0.623. The Kier molecular flexibility index (Phi) is 5.97. The predicted molar refractivity (Wildman–Crippen MR) is 101 cm³/mol. The van der Waals surface area contributed by atoms with Crippen molar-refractivity contribution in [2.45, 2.75) is 11.4 Å². The molecule has 0 saturated carbocycles. The second-order valence-corrected chi connectivity index (χ2v) is 6.77. The second kappa shape index (κ2) is 8.59. The fourth-order valence-electron chi connectivity index (χ4n) is 2.42. The minimum Gasteiger partial charge on any atom is -0.497 e. The first-order valence-corrected chi connectivity index (χ1v) is 9.17. The lowest BCUT2D eigenvalue weighted by molar-refractivity contribution is -0.124. The summed E-state index contributed by atoms with van der Waals surface area (Å²) in [6.07, 6.45) is 0. The molecule has 1 aliphatic heterocycles. The number of benzene rings is 2. The van der Waals surface area contributed by atoms with Crippen molar-refractivity contribution in [3.63, 3.8) is 0 Å². The van der Waals surface area contributed by atoms with Crippen LogP contribution in [0.1, 0.15) is 15.9 Å². The van der Waals surface area contributed by atoms with Crippen LogP contribution in [-0.4, -0.2) is 37.3 Å². The summed E-state index contributed by atoms with van der Waals surface area (Å²) in [5.74, 6) is -0.0525. The second-order valence-electron chi connectivity index (χ2n) is 5.75. The average Bonchev–Trinajstić information content (AvgIpc) is 2.70. The van der Waals surface area contributed by atoms with Gasteiger partial charge in [-0.1, -0.05) is 12.1 Å². The van der Waals surface area contributed by atoms with Gasteiger partial charge in [-0.05, 0) is 35.9 Å². The van der Waals surface area contributed by atoms with Crippen molar-refractivity contribution in [1.82, 2.24) is 5.32 Å². The highest BCUT2D eigenvalue weighted by Crippen LogP contribution is 2.32. The summed E-state index contributed by atoms with van der Waals surface area (Å²) in [5.41, 5.74) is 1.76. The first-order chi connectivity index (χ1) is 13.0. The average molecular weight is 386 g/mol. The highest BCUT2D eigenvalue weighted by molar-refractivity contribution is 8.00. The van der Waals surface area contributed by atoms with Gasteiger partial charge in [-0.25, -0.2) is 4.79 Å². The Labute approximate surface area is 160 Å². The van der Waals surface area contributed by atoms with Crippen LogP contribution in [0.5, 0.6) is 5.75 Å². The molecule has 0 unspecified atom stereocenters. The van der Waals surface area contributed by atoms with E-state index < -0.39 is 11.9 Å². The Morgan fingerprint density at radius 3 is 2.70 bits per heavy atom. The summed E-state index contributed by atoms with van der Waals surface area (Å²) in [6.45, 7) is -0.0599. The lowest BCUT2D eigenvalue weighted by Crippen LogP contribution is -2.28. The molecule has 2 aromatic carbocycles. The maximum absolute atomic E-state index is 12.1. The van der Waals surface area contributed by atoms with Gasteiger partial charge in [-0.3, -0.25) is 9.59 Å². The molecule has 8 heteroatoms. The standard InChI is InChI=1S/C19H18N2O5S/c1-25-14-5-2-12(3-6-14)9-20-17(22)10-26-19(24)13-4-7-16-15(8-13)21-18(23)11-27-16/h2-8H,9-11H2,1H3,(H,20,22)(H,21,23). The number of rotatable bonds is 6. The molecule has 0 bridgehead atoms. The van der Waals surface area contributed by atoms with Crippen LogP contribution in [0, 0.1) is 0 Å². The third-order valence-electron chi connectivity index (χ3n) is 3.83. The molecule has 0 aromatic heterocycles. The summed E-state index contributed by atoms with van der Waals surface area (Å²) in [5, 5.41) is 5.39. The summed E-state index contributed by atoms with van der Waals surface area (Å²) < 4.78 is 10.1. The van der Waals surface area contributed by atoms with Crippen LogP contribution >= 0.6 is 11.8 Å². The largest absolute Gasteiger partial charge is 0.497 e. The van der Waals surface area contributed by atoms with Crippen molar-refractivity contribution in [3.05, 3.63) is 53.6 Å². The maximum Gasteiger partial charge on any atom is 0.338 e. The molecule has 0 atom stereocenters. The number of hydrogen-bond donors (Lipinski definition) is 2. The zero-order valence-corrected chi connectivity index (χ0v) is 15.4.